The number of fused-ring (bicyclic) bond motifs is 1. The van der Waals surface area contributed by atoms with Gasteiger partial charge in [0.1, 0.15) is 0 Å². The molecule has 0 unspecified atom stereocenters. The number of nitrogens with zero attached hydrogens (tertiary/aromatic N) is 1. The van der Waals surface area contributed by atoms with Gasteiger partial charge in [-0.25, -0.2) is 0 Å². The molecule has 4 heteroatoms. The monoisotopic (exact) mass is 247 g/mol. The predicted octanol–water partition coefficient (Wildman–Crippen LogP) is 3.17. The van der Waals surface area contributed by atoms with E-state index in [0.29, 0.717) is 6.54 Å². The van der Waals surface area contributed by atoms with Crippen molar-refractivity contribution < 1.29 is 0 Å². The highest BCUT2D eigenvalue weighted by Gasteiger charge is 2.05. The number of rotatable bonds is 2. The maximum Gasteiger partial charge on any atom is 0.260 e. The van der Waals surface area contributed by atoms with Crippen molar-refractivity contribution in [3.05, 3.63) is 57.0 Å². The van der Waals surface area contributed by atoms with Gasteiger partial charge in [-0.1, -0.05) is 29.7 Å². The molecule has 0 spiro atoms. The molecule has 0 aliphatic heterocycles. The maximum absolute atomic E-state index is 11.5. The summed E-state index contributed by atoms with van der Waals surface area (Å²) in [6, 6.07) is 9.91. The van der Waals surface area contributed by atoms with Crippen molar-refractivity contribution in [3.8, 4) is 0 Å². The molecule has 0 saturated heterocycles. The fourth-order valence-electron chi connectivity index (χ4n) is 1.72. The zero-order chi connectivity index (χ0) is 11.0. The molecule has 1 aromatic carbocycles. The lowest BCUT2D eigenvalue weighted by molar-refractivity contribution is 0.858. The summed E-state index contributed by atoms with van der Waals surface area (Å²) < 4.78 is 3.05. The number of benzene rings is 1. The van der Waals surface area contributed by atoms with Crippen LogP contribution in [0.25, 0.3) is 10.1 Å². The Morgan fingerprint density at radius 1 is 1.19 bits per heavy atom. The second-order valence-electron chi connectivity index (χ2n) is 3.54. The van der Waals surface area contributed by atoms with Gasteiger partial charge in [-0.05, 0) is 22.4 Å². The Kier molecular flexibility index (Phi) is 2.38. The van der Waals surface area contributed by atoms with Crippen LogP contribution in [0.5, 0.6) is 0 Å². The summed E-state index contributed by atoms with van der Waals surface area (Å²) >= 11 is 3.20. The van der Waals surface area contributed by atoms with Crippen molar-refractivity contribution in [2.45, 2.75) is 6.54 Å². The van der Waals surface area contributed by atoms with Gasteiger partial charge in [0.05, 0.1) is 6.54 Å². The summed E-state index contributed by atoms with van der Waals surface area (Å²) in [6.45, 7) is 0.681. The third-order valence-corrected chi connectivity index (χ3v) is 4.35. The largest absolute Gasteiger partial charge is 0.268 e. The molecule has 2 heterocycles. The zero-order valence-electron chi connectivity index (χ0n) is 8.42. The first-order chi connectivity index (χ1) is 7.84. The summed E-state index contributed by atoms with van der Waals surface area (Å²) in [6.07, 6.45) is 0. The second-order valence-corrected chi connectivity index (χ2v) is 5.38. The topological polar surface area (TPSA) is 22.0 Å². The minimum atomic E-state index is 0.0836. The van der Waals surface area contributed by atoms with E-state index in [1.54, 1.807) is 21.4 Å². The van der Waals surface area contributed by atoms with Gasteiger partial charge in [0.15, 0.2) is 0 Å². The Balaban J connectivity index is 2.07. The van der Waals surface area contributed by atoms with Gasteiger partial charge in [0.2, 0.25) is 0 Å². The van der Waals surface area contributed by atoms with Crippen molar-refractivity contribution in [3.63, 3.8) is 0 Å². The van der Waals surface area contributed by atoms with Gasteiger partial charge < -0.3 is 0 Å². The maximum atomic E-state index is 11.5. The molecule has 2 nitrogen and oxygen atoms in total. The van der Waals surface area contributed by atoms with E-state index in [0.717, 1.165) is 0 Å². The van der Waals surface area contributed by atoms with E-state index in [2.05, 4.69) is 17.5 Å². The third kappa shape index (κ3) is 1.60. The van der Waals surface area contributed by atoms with E-state index < -0.39 is 0 Å². The highest BCUT2D eigenvalue weighted by molar-refractivity contribution is 7.17. The van der Waals surface area contributed by atoms with Crippen LogP contribution in [0, 0.1) is 0 Å². The molecule has 0 N–H and O–H groups in total. The van der Waals surface area contributed by atoms with Crippen molar-refractivity contribution in [1.29, 1.82) is 0 Å². The zero-order valence-corrected chi connectivity index (χ0v) is 10.1. The van der Waals surface area contributed by atoms with Gasteiger partial charge >= 0.3 is 0 Å². The van der Waals surface area contributed by atoms with Gasteiger partial charge in [-0.3, -0.25) is 8.75 Å². The molecule has 3 aromatic rings. The number of hydrogen-bond acceptors (Lipinski definition) is 3. The molecule has 0 aliphatic rings. The molecule has 0 bridgehead atoms. The van der Waals surface area contributed by atoms with Crippen molar-refractivity contribution >= 4 is 33.0 Å². The minimum Gasteiger partial charge on any atom is -0.268 e. The summed E-state index contributed by atoms with van der Waals surface area (Å²) in [5.41, 5.74) is 1.31. The quantitative estimate of drug-likeness (QED) is 0.681. The van der Waals surface area contributed by atoms with Crippen LogP contribution < -0.4 is 5.56 Å². The molecule has 0 saturated carbocycles. The van der Waals surface area contributed by atoms with Gasteiger partial charge in [0.25, 0.3) is 5.56 Å². The first-order valence-corrected chi connectivity index (χ1v) is 6.66. The van der Waals surface area contributed by atoms with Crippen LogP contribution in [0.1, 0.15) is 5.56 Å². The van der Waals surface area contributed by atoms with Crippen LogP contribution in [0.15, 0.2) is 45.9 Å². The Labute approximate surface area is 101 Å². The van der Waals surface area contributed by atoms with Crippen molar-refractivity contribution in [1.82, 2.24) is 3.96 Å². The molecular weight excluding hydrogens is 238 g/mol. The Hall–Kier alpha value is -1.39. The van der Waals surface area contributed by atoms with Crippen molar-refractivity contribution in [2.75, 3.05) is 0 Å². The van der Waals surface area contributed by atoms with Crippen LogP contribution in [0.4, 0.5) is 0 Å². The summed E-state index contributed by atoms with van der Waals surface area (Å²) in [5, 5.41) is 5.22. The smallest absolute Gasteiger partial charge is 0.260 e. The average Bonchev–Trinajstić information content (AvgIpc) is 2.88. The predicted molar refractivity (Wildman–Crippen MR) is 69.5 cm³/mol. The van der Waals surface area contributed by atoms with E-state index in [4.69, 9.17) is 0 Å². The van der Waals surface area contributed by atoms with Gasteiger partial charge in [-0.2, -0.15) is 0 Å². The second kappa shape index (κ2) is 3.88. The molecule has 0 fully saturated rings. The highest BCUT2D eigenvalue weighted by atomic mass is 32.1. The highest BCUT2D eigenvalue weighted by Crippen LogP contribution is 2.26. The Morgan fingerprint density at radius 3 is 2.88 bits per heavy atom. The fourth-order valence-corrected chi connectivity index (χ4v) is 3.38. The van der Waals surface area contributed by atoms with E-state index in [1.165, 1.54) is 27.2 Å². The van der Waals surface area contributed by atoms with E-state index in [9.17, 15) is 4.79 Å². The molecule has 3 rings (SSSR count). The number of thiophene rings is 1. The number of hydrogen-bond donors (Lipinski definition) is 0. The molecule has 80 valence electrons. The molecule has 2 aromatic heterocycles. The molecule has 0 aliphatic carbocycles. The minimum absolute atomic E-state index is 0.0836. The lowest BCUT2D eigenvalue weighted by Crippen LogP contribution is -2.12. The molecule has 0 radical (unpaired) electrons. The van der Waals surface area contributed by atoms with Crippen LogP contribution >= 0.6 is 22.9 Å². The van der Waals surface area contributed by atoms with Crippen LogP contribution in [-0.2, 0) is 6.54 Å². The average molecular weight is 247 g/mol. The SMILES string of the molecule is O=c1ccsn1Cc1csc2ccccc12. The molecule has 0 atom stereocenters. The first kappa shape index (κ1) is 9.81. The lowest BCUT2D eigenvalue weighted by Gasteiger charge is -1.99. The third-order valence-electron chi connectivity index (χ3n) is 2.52. The van der Waals surface area contributed by atoms with Crippen molar-refractivity contribution in [2.24, 2.45) is 0 Å². The molecular formula is C12H9NOS2. The summed E-state index contributed by atoms with van der Waals surface area (Å²) in [4.78, 5) is 11.5. The van der Waals surface area contributed by atoms with Gasteiger partial charge in [0, 0.05) is 16.1 Å². The summed E-state index contributed by atoms with van der Waals surface area (Å²) in [5.74, 6) is 0. The van der Waals surface area contributed by atoms with Crippen LogP contribution in [0.3, 0.4) is 0 Å². The lowest BCUT2D eigenvalue weighted by atomic mass is 10.2. The van der Waals surface area contributed by atoms with Gasteiger partial charge in [-0.15, -0.1) is 11.3 Å². The normalized spacial score (nSPS) is 11.0. The van der Waals surface area contributed by atoms with E-state index in [1.807, 2.05) is 17.5 Å². The Bertz CT molecular complexity index is 677. The van der Waals surface area contributed by atoms with E-state index >= 15 is 0 Å². The standard InChI is InChI=1S/C12H9NOS2/c14-12-5-6-16-13(12)7-9-8-15-11-4-2-1-3-10(9)11/h1-6,8H,7H2. The van der Waals surface area contributed by atoms with Crippen LogP contribution in [0.2, 0.25) is 0 Å². The molecule has 0 amide bonds. The molecule has 16 heavy (non-hydrogen) atoms. The Morgan fingerprint density at radius 2 is 2.06 bits per heavy atom. The summed E-state index contributed by atoms with van der Waals surface area (Å²) in [7, 11) is 0. The van der Waals surface area contributed by atoms with Crippen LogP contribution in [-0.4, -0.2) is 3.96 Å². The fraction of sp³-hybridized carbons (Fsp3) is 0.0833. The first-order valence-electron chi connectivity index (χ1n) is 4.94. The number of aromatic nitrogens is 1. The van der Waals surface area contributed by atoms with E-state index in [-0.39, 0.29) is 5.56 Å².